The number of fused-ring (bicyclic) bond motifs is 1. The van der Waals surface area contributed by atoms with Gasteiger partial charge in [0.05, 0.1) is 0 Å². The first-order valence-corrected chi connectivity index (χ1v) is 9.24. The largest absolute Gasteiger partial charge is 0.505 e. The van der Waals surface area contributed by atoms with Crippen LogP contribution in [0.15, 0.2) is 30.3 Å². The Bertz CT molecular complexity index is 905. The average Bonchev–Trinajstić information content (AvgIpc) is 2.90. The molecule has 3 aromatic rings. The summed E-state index contributed by atoms with van der Waals surface area (Å²) in [4.78, 5) is 1.47. The molecule has 0 saturated carbocycles. The van der Waals surface area contributed by atoms with Crippen LogP contribution >= 0.6 is 11.6 Å². The molecular weight excluding hydrogens is 346 g/mol. The number of phenolic OH excluding ortho intramolecular Hbond substituents is 1. The Morgan fingerprint density at radius 3 is 2.15 bits per heavy atom. The van der Waals surface area contributed by atoms with Crippen molar-refractivity contribution >= 4 is 22.6 Å². The number of aromatic hydroxyl groups is 1. The van der Waals surface area contributed by atoms with E-state index >= 15 is 0 Å². The van der Waals surface area contributed by atoms with Crippen LogP contribution in [-0.4, -0.2) is 20.1 Å². The molecule has 0 radical (unpaired) electrons. The topological polar surface area (TPSA) is 50.9 Å². The summed E-state index contributed by atoms with van der Waals surface area (Å²) in [6.45, 7) is 14.7. The quantitative estimate of drug-likeness (QED) is 0.565. The van der Waals surface area contributed by atoms with E-state index in [0.717, 1.165) is 22.6 Å². The zero-order valence-corrected chi connectivity index (χ0v) is 17.4. The SMILES string of the molecule is CC(C)C.Cc1cc(-n2nc3ccc(Cl)cc3n2)c(O)c(C(C)(C)C)c1. The van der Waals surface area contributed by atoms with Crippen LogP contribution in [0.2, 0.25) is 5.02 Å². The molecule has 3 rings (SSSR count). The van der Waals surface area contributed by atoms with Gasteiger partial charge in [0.2, 0.25) is 0 Å². The Morgan fingerprint density at radius 1 is 1.00 bits per heavy atom. The summed E-state index contributed by atoms with van der Waals surface area (Å²) in [7, 11) is 0. The number of aromatic nitrogens is 3. The monoisotopic (exact) mass is 373 g/mol. The molecule has 0 unspecified atom stereocenters. The second-order valence-corrected chi connectivity index (χ2v) is 8.72. The number of halogens is 1. The van der Waals surface area contributed by atoms with E-state index < -0.39 is 0 Å². The first-order chi connectivity index (χ1) is 12.0. The molecule has 5 heteroatoms. The summed E-state index contributed by atoms with van der Waals surface area (Å²) in [5, 5.41) is 20.1. The molecule has 0 spiro atoms. The van der Waals surface area contributed by atoms with Crippen molar-refractivity contribution in [1.82, 2.24) is 15.0 Å². The van der Waals surface area contributed by atoms with Crippen LogP contribution in [0, 0.1) is 12.8 Å². The highest BCUT2D eigenvalue weighted by molar-refractivity contribution is 6.31. The third-order valence-corrected chi connectivity index (χ3v) is 3.84. The van der Waals surface area contributed by atoms with Crippen molar-refractivity contribution in [2.75, 3.05) is 0 Å². The highest BCUT2D eigenvalue weighted by Gasteiger charge is 2.22. The number of benzene rings is 2. The minimum absolute atomic E-state index is 0.166. The van der Waals surface area contributed by atoms with Gasteiger partial charge in [0.15, 0.2) is 0 Å². The van der Waals surface area contributed by atoms with Crippen LogP contribution in [-0.2, 0) is 5.41 Å². The van der Waals surface area contributed by atoms with Crippen molar-refractivity contribution < 1.29 is 5.11 Å². The van der Waals surface area contributed by atoms with E-state index in [-0.39, 0.29) is 11.2 Å². The van der Waals surface area contributed by atoms with Crippen LogP contribution in [0.3, 0.4) is 0 Å². The van der Waals surface area contributed by atoms with Crippen molar-refractivity contribution in [3.63, 3.8) is 0 Å². The van der Waals surface area contributed by atoms with Gasteiger partial charge < -0.3 is 5.11 Å². The molecular formula is C21H28ClN3O. The summed E-state index contributed by atoms with van der Waals surface area (Å²) >= 11 is 5.99. The van der Waals surface area contributed by atoms with Crippen LogP contribution in [0.4, 0.5) is 0 Å². The molecule has 0 fully saturated rings. The van der Waals surface area contributed by atoms with E-state index in [2.05, 4.69) is 51.7 Å². The molecule has 26 heavy (non-hydrogen) atoms. The second-order valence-electron chi connectivity index (χ2n) is 8.28. The maximum Gasteiger partial charge on any atom is 0.146 e. The van der Waals surface area contributed by atoms with Crippen LogP contribution in [0.5, 0.6) is 5.75 Å². The maximum atomic E-state index is 10.7. The summed E-state index contributed by atoms with van der Waals surface area (Å²) in [5.41, 5.74) is 3.78. The van der Waals surface area contributed by atoms with E-state index in [1.807, 2.05) is 25.1 Å². The molecule has 0 amide bonds. The van der Waals surface area contributed by atoms with Gasteiger partial charge in [-0.2, -0.15) is 0 Å². The smallest absolute Gasteiger partial charge is 0.146 e. The van der Waals surface area contributed by atoms with Gasteiger partial charge in [0.1, 0.15) is 22.5 Å². The van der Waals surface area contributed by atoms with E-state index in [1.54, 1.807) is 12.1 Å². The van der Waals surface area contributed by atoms with Crippen LogP contribution in [0.25, 0.3) is 16.7 Å². The lowest BCUT2D eigenvalue weighted by Crippen LogP contribution is -2.13. The standard InChI is InChI=1S/C17H18ClN3O.C4H10/c1-10-7-12(17(2,3)4)16(22)15(8-10)21-19-13-6-5-11(18)9-14(13)20-21;1-4(2)3/h5-9,22H,1-4H3;4H,1-3H3. The number of nitrogens with zero attached hydrogens (tertiary/aromatic N) is 3. The molecule has 1 aromatic heterocycles. The van der Waals surface area contributed by atoms with Gasteiger partial charge in [0.25, 0.3) is 0 Å². The Morgan fingerprint density at radius 2 is 1.58 bits per heavy atom. The predicted molar refractivity (Wildman–Crippen MR) is 109 cm³/mol. The number of hydrogen-bond donors (Lipinski definition) is 1. The number of hydrogen-bond acceptors (Lipinski definition) is 3. The first-order valence-electron chi connectivity index (χ1n) is 8.86. The molecule has 2 aromatic carbocycles. The fraction of sp³-hybridized carbons (Fsp3) is 0.429. The van der Waals surface area contributed by atoms with Crippen molar-refractivity contribution in [3.05, 3.63) is 46.5 Å². The highest BCUT2D eigenvalue weighted by Crippen LogP contribution is 2.36. The molecule has 0 saturated heterocycles. The number of phenols is 1. The molecule has 0 bridgehead atoms. The Hall–Kier alpha value is -2.07. The third-order valence-electron chi connectivity index (χ3n) is 3.60. The number of aryl methyl sites for hydroxylation is 1. The van der Waals surface area contributed by atoms with E-state index in [1.165, 1.54) is 4.80 Å². The molecule has 140 valence electrons. The van der Waals surface area contributed by atoms with E-state index in [4.69, 9.17) is 11.6 Å². The first kappa shape index (κ1) is 20.2. The fourth-order valence-corrected chi connectivity index (χ4v) is 2.65. The molecule has 4 nitrogen and oxygen atoms in total. The molecule has 0 atom stereocenters. The maximum absolute atomic E-state index is 10.7. The molecule has 0 aliphatic rings. The lowest BCUT2D eigenvalue weighted by atomic mass is 9.85. The molecule has 1 heterocycles. The summed E-state index contributed by atoms with van der Waals surface area (Å²) in [6.07, 6.45) is 0. The number of rotatable bonds is 1. The highest BCUT2D eigenvalue weighted by atomic mass is 35.5. The van der Waals surface area contributed by atoms with Gasteiger partial charge in [0, 0.05) is 10.6 Å². The lowest BCUT2D eigenvalue weighted by Gasteiger charge is -2.22. The van der Waals surface area contributed by atoms with Gasteiger partial charge in [-0.3, -0.25) is 0 Å². The molecule has 1 N–H and O–H groups in total. The van der Waals surface area contributed by atoms with Crippen molar-refractivity contribution in [2.45, 2.75) is 53.9 Å². The van der Waals surface area contributed by atoms with Crippen LogP contribution < -0.4 is 0 Å². The van der Waals surface area contributed by atoms with Crippen molar-refractivity contribution in [1.29, 1.82) is 0 Å². The van der Waals surface area contributed by atoms with Gasteiger partial charge >= 0.3 is 0 Å². The van der Waals surface area contributed by atoms with Gasteiger partial charge in [-0.25, -0.2) is 0 Å². The Kier molecular flexibility index (Phi) is 5.97. The van der Waals surface area contributed by atoms with Gasteiger partial charge in [-0.1, -0.05) is 59.2 Å². The zero-order valence-electron chi connectivity index (χ0n) is 16.6. The average molecular weight is 374 g/mol. The summed E-state index contributed by atoms with van der Waals surface area (Å²) in [5.74, 6) is 1.05. The molecule has 0 aliphatic heterocycles. The van der Waals surface area contributed by atoms with Gasteiger partial charge in [-0.15, -0.1) is 15.0 Å². The minimum Gasteiger partial charge on any atom is -0.505 e. The zero-order chi connectivity index (χ0) is 19.6. The molecule has 0 aliphatic carbocycles. The van der Waals surface area contributed by atoms with Crippen LogP contribution in [0.1, 0.15) is 52.7 Å². The minimum atomic E-state index is -0.166. The normalized spacial score (nSPS) is 11.6. The Balaban J connectivity index is 0.000000552. The fourth-order valence-electron chi connectivity index (χ4n) is 2.48. The summed E-state index contributed by atoms with van der Waals surface area (Å²) < 4.78 is 0. The predicted octanol–water partition coefficient (Wildman–Crippen LogP) is 6.05. The van der Waals surface area contributed by atoms with E-state index in [0.29, 0.717) is 16.2 Å². The van der Waals surface area contributed by atoms with Crippen molar-refractivity contribution in [3.8, 4) is 11.4 Å². The second kappa shape index (κ2) is 7.67. The summed E-state index contributed by atoms with van der Waals surface area (Å²) in [6, 6.07) is 9.24. The van der Waals surface area contributed by atoms with E-state index in [9.17, 15) is 5.11 Å². The Labute approximate surface area is 160 Å². The van der Waals surface area contributed by atoms with Crippen molar-refractivity contribution in [2.24, 2.45) is 5.92 Å². The van der Waals surface area contributed by atoms with Gasteiger partial charge in [-0.05, 0) is 48.1 Å². The lowest BCUT2D eigenvalue weighted by molar-refractivity contribution is 0.440. The third kappa shape index (κ3) is 4.76.